The summed E-state index contributed by atoms with van der Waals surface area (Å²) in [5, 5.41) is 14.5. The van der Waals surface area contributed by atoms with Gasteiger partial charge in [0.25, 0.3) is 5.91 Å². The van der Waals surface area contributed by atoms with Gasteiger partial charge in [0.2, 0.25) is 5.92 Å². The van der Waals surface area contributed by atoms with Crippen molar-refractivity contribution < 1.29 is 31.3 Å². The molecule has 0 spiro atoms. The average Bonchev–Trinajstić information content (AvgIpc) is 3.52. The lowest BCUT2D eigenvalue weighted by Crippen LogP contribution is -2.38. The minimum absolute atomic E-state index is 0.118. The Labute approximate surface area is 248 Å². The average molecular weight is 631 g/mol. The molecule has 1 amide bonds. The first-order chi connectivity index (χ1) is 20.4. The van der Waals surface area contributed by atoms with Crippen LogP contribution in [0.4, 0.5) is 22.0 Å². The number of nitrogens with zero attached hydrogens (tertiary/aromatic N) is 6. The van der Waals surface area contributed by atoms with Crippen LogP contribution >= 0.6 is 0 Å². The molecule has 2 fully saturated rings. The van der Waals surface area contributed by atoms with Crippen LogP contribution in [0.25, 0.3) is 5.65 Å². The molecule has 0 aromatic carbocycles. The molecule has 0 aliphatic heterocycles. The summed E-state index contributed by atoms with van der Waals surface area (Å²) in [4.78, 5) is 18.0. The number of rotatable bonds is 13. The molecule has 2 aliphatic rings. The lowest BCUT2D eigenvalue weighted by molar-refractivity contribution is -0.137. The van der Waals surface area contributed by atoms with E-state index in [1.54, 1.807) is 12.4 Å². The summed E-state index contributed by atoms with van der Waals surface area (Å²) in [5.74, 6) is -3.05. The maximum atomic E-state index is 14.0. The van der Waals surface area contributed by atoms with E-state index in [1.165, 1.54) is 4.52 Å². The van der Waals surface area contributed by atoms with Crippen LogP contribution in [-0.4, -0.2) is 57.9 Å². The molecule has 2 saturated carbocycles. The smallest absolute Gasteiger partial charge is 0.390 e. The molecule has 2 aliphatic carbocycles. The largest absolute Gasteiger partial charge is 0.598 e. The standard InChI is InChI=1S/C27H35F5N8O2S/c1-2-3-12-43(42)37-23(17-4-5-17)19-13-22-35-20(16-40(22)34-14-19)24(18-6-8-26(28,29)9-7-18)36-25(41)21-15-33-38-39(21)11-10-27(30,31)32/h13-18,23-24,37H,2-12H2,1H3,(H,36,41)/t23?,24-,43?/m0/s1. The van der Waals surface area contributed by atoms with Crippen LogP contribution in [0, 0.1) is 11.8 Å². The van der Waals surface area contributed by atoms with Crippen LogP contribution in [0.15, 0.2) is 24.7 Å². The molecule has 3 aromatic heterocycles. The molecule has 43 heavy (non-hydrogen) atoms. The third kappa shape index (κ3) is 8.20. The van der Waals surface area contributed by atoms with E-state index in [-0.39, 0.29) is 37.4 Å². The molecule has 3 atom stereocenters. The van der Waals surface area contributed by atoms with Crippen LogP contribution in [0.3, 0.4) is 0 Å². The van der Waals surface area contributed by atoms with Gasteiger partial charge in [-0.1, -0.05) is 18.6 Å². The van der Waals surface area contributed by atoms with Crippen molar-refractivity contribution in [1.29, 1.82) is 0 Å². The highest BCUT2D eigenvalue weighted by Gasteiger charge is 2.40. The second kappa shape index (κ2) is 13.0. The Morgan fingerprint density at radius 1 is 1.16 bits per heavy atom. The van der Waals surface area contributed by atoms with Crippen molar-refractivity contribution in [2.24, 2.45) is 11.8 Å². The fraction of sp³-hybridized carbons (Fsp3) is 0.667. The van der Waals surface area contributed by atoms with E-state index in [0.29, 0.717) is 23.0 Å². The van der Waals surface area contributed by atoms with Gasteiger partial charge in [0, 0.05) is 24.2 Å². The van der Waals surface area contributed by atoms with Crippen LogP contribution in [0.1, 0.15) is 98.5 Å². The zero-order valence-corrected chi connectivity index (χ0v) is 24.5. The van der Waals surface area contributed by atoms with Crippen LogP contribution in [0.2, 0.25) is 0 Å². The van der Waals surface area contributed by atoms with Crippen molar-refractivity contribution in [3.8, 4) is 0 Å². The Morgan fingerprint density at radius 2 is 1.88 bits per heavy atom. The van der Waals surface area contributed by atoms with Crippen molar-refractivity contribution in [2.45, 2.75) is 95.4 Å². The normalized spacial score (nSPS) is 19.8. The molecule has 0 saturated heterocycles. The Bertz CT molecular complexity index is 1390. The first kappa shape index (κ1) is 31.6. The summed E-state index contributed by atoms with van der Waals surface area (Å²) in [7, 11) is 0. The van der Waals surface area contributed by atoms with E-state index in [2.05, 4.69) is 25.4 Å². The summed E-state index contributed by atoms with van der Waals surface area (Å²) < 4.78 is 84.7. The van der Waals surface area contributed by atoms with Crippen molar-refractivity contribution >= 4 is 22.9 Å². The first-order valence-corrected chi connectivity index (χ1v) is 15.9. The molecule has 10 nitrogen and oxygen atoms in total. The van der Waals surface area contributed by atoms with E-state index >= 15 is 0 Å². The van der Waals surface area contributed by atoms with Crippen LogP contribution < -0.4 is 10.0 Å². The molecule has 5 rings (SSSR count). The second-order valence-corrected chi connectivity index (χ2v) is 12.8. The molecule has 2 unspecified atom stereocenters. The lowest BCUT2D eigenvalue weighted by atomic mass is 9.81. The lowest BCUT2D eigenvalue weighted by Gasteiger charge is -2.33. The Balaban J connectivity index is 1.40. The van der Waals surface area contributed by atoms with Gasteiger partial charge in [-0.05, 0) is 55.6 Å². The quantitative estimate of drug-likeness (QED) is 0.200. The van der Waals surface area contributed by atoms with Gasteiger partial charge in [0.1, 0.15) is 11.4 Å². The van der Waals surface area contributed by atoms with Gasteiger partial charge in [-0.15, -0.1) is 9.82 Å². The van der Waals surface area contributed by atoms with Crippen LogP contribution in [0.5, 0.6) is 0 Å². The number of alkyl halides is 5. The molecule has 16 heteroatoms. The number of unbranched alkanes of at least 4 members (excludes halogenated alkanes) is 1. The van der Waals surface area contributed by atoms with Gasteiger partial charge in [0.05, 0.1) is 49.3 Å². The fourth-order valence-corrected chi connectivity index (χ4v) is 6.73. The Kier molecular flexibility index (Phi) is 9.56. The zero-order valence-electron chi connectivity index (χ0n) is 23.7. The number of nitrogens with one attached hydrogen (secondary N) is 2. The molecular formula is C27H35F5N8O2S. The number of amides is 1. The molecule has 236 valence electrons. The molecule has 0 radical (unpaired) electrons. The van der Waals surface area contributed by atoms with Gasteiger partial charge >= 0.3 is 6.18 Å². The predicted octanol–water partition coefficient (Wildman–Crippen LogP) is 5.07. The van der Waals surface area contributed by atoms with Crippen molar-refractivity contribution in [3.05, 3.63) is 41.6 Å². The molecule has 2 N–H and O–H groups in total. The number of fused-ring (bicyclic) bond motifs is 1. The maximum Gasteiger partial charge on any atom is 0.390 e. The highest BCUT2D eigenvalue weighted by molar-refractivity contribution is 7.89. The first-order valence-electron chi connectivity index (χ1n) is 14.6. The second-order valence-electron chi connectivity index (χ2n) is 11.4. The van der Waals surface area contributed by atoms with Crippen LogP contribution in [-0.2, 0) is 17.9 Å². The van der Waals surface area contributed by atoms with E-state index in [1.807, 2.05) is 13.0 Å². The van der Waals surface area contributed by atoms with Gasteiger partial charge in [0.15, 0.2) is 5.65 Å². The van der Waals surface area contributed by atoms with Crippen molar-refractivity contribution in [1.82, 2.24) is 39.6 Å². The maximum absolute atomic E-state index is 14.0. The SMILES string of the molecule is CCCC[S+]([O-])NC(c1cnn2cc([C@@H](NC(=O)c3cnnn3CCC(F)(F)F)C3CCC(F)(F)CC3)nc2c1)C1CC1. The Hall–Kier alpha value is -2.85. The topological polar surface area (TPSA) is 125 Å². The molecular weight excluding hydrogens is 595 g/mol. The monoisotopic (exact) mass is 630 g/mol. The summed E-state index contributed by atoms with van der Waals surface area (Å²) >= 11 is -1.20. The number of aromatic nitrogens is 6. The number of carbonyl (C=O) groups excluding carboxylic acids is 1. The number of hydrogen-bond acceptors (Lipinski definition) is 7. The highest BCUT2D eigenvalue weighted by Crippen LogP contribution is 2.43. The summed E-state index contributed by atoms with van der Waals surface area (Å²) in [5.41, 5.74) is 1.52. The number of hydrogen-bond donors (Lipinski definition) is 2. The summed E-state index contributed by atoms with van der Waals surface area (Å²) in [6.07, 6.45) is 2.06. The highest BCUT2D eigenvalue weighted by atomic mass is 32.2. The van der Waals surface area contributed by atoms with Gasteiger partial charge in [-0.25, -0.2) is 23.0 Å². The van der Waals surface area contributed by atoms with E-state index < -0.39 is 54.3 Å². The minimum Gasteiger partial charge on any atom is -0.598 e. The third-order valence-corrected chi connectivity index (χ3v) is 9.23. The number of halogens is 5. The fourth-order valence-electron chi connectivity index (χ4n) is 5.45. The molecule has 0 bridgehead atoms. The molecule has 3 heterocycles. The van der Waals surface area contributed by atoms with E-state index in [0.717, 1.165) is 42.1 Å². The minimum atomic E-state index is -4.45. The Morgan fingerprint density at radius 3 is 2.56 bits per heavy atom. The molecule has 3 aromatic rings. The summed E-state index contributed by atoms with van der Waals surface area (Å²) in [6, 6.07) is 0.877. The van der Waals surface area contributed by atoms with E-state index in [9.17, 15) is 31.3 Å². The predicted molar refractivity (Wildman–Crippen MR) is 147 cm³/mol. The van der Waals surface area contributed by atoms with E-state index in [4.69, 9.17) is 4.98 Å². The number of aryl methyl sites for hydroxylation is 1. The number of carbonyl (C=O) groups is 1. The zero-order chi connectivity index (χ0) is 30.8. The number of imidazole rings is 1. The van der Waals surface area contributed by atoms with Crippen molar-refractivity contribution in [2.75, 3.05) is 5.75 Å². The van der Waals surface area contributed by atoms with Crippen molar-refractivity contribution in [3.63, 3.8) is 0 Å². The third-order valence-electron chi connectivity index (χ3n) is 8.05. The van der Waals surface area contributed by atoms with Gasteiger partial charge in [-0.3, -0.25) is 4.79 Å². The van der Waals surface area contributed by atoms with Gasteiger partial charge in [-0.2, -0.15) is 18.3 Å². The summed E-state index contributed by atoms with van der Waals surface area (Å²) in [6.45, 7) is 1.45. The van der Waals surface area contributed by atoms with Gasteiger partial charge < -0.3 is 9.87 Å².